The maximum absolute atomic E-state index is 9.70. The Labute approximate surface area is 161 Å². The lowest BCUT2D eigenvalue weighted by Gasteiger charge is -2.28. The second kappa shape index (κ2) is 7.70. The predicted octanol–water partition coefficient (Wildman–Crippen LogP) is 1.43. The van der Waals surface area contributed by atoms with Gasteiger partial charge in [-0.1, -0.05) is 17.7 Å². The first-order valence-corrected chi connectivity index (χ1v) is 8.98. The predicted molar refractivity (Wildman–Crippen MR) is 101 cm³/mol. The minimum Gasteiger partial charge on any atom is -0.423 e. The highest BCUT2D eigenvalue weighted by Crippen LogP contribution is 2.26. The molecule has 10 heteroatoms. The number of hydrogen-bond donors (Lipinski definition) is 3. The minimum atomic E-state index is -0.873. The van der Waals surface area contributed by atoms with Crippen molar-refractivity contribution >= 4 is 41.6 Å². The van der Waals surface area contributed by atoms with Crippen molar-refractivity contribution in [2.45, 2.75) is 19.1 Å². The molecule has 4 rings (SSSR count). The van der Waals surface area contributed by atoms with E-state index in [2.05, 4.69) is 26.7 Å². The summed E-state index contributed by atoms with van der Waals surface area (Å²) in [4.78, 5) is 8.63. The van der Waals surface area contributed by atoms with Crippen LogP contribution in [0.3, 0.4) is 0 Å². The molecule has 2 aliphatic heterocycles. The van der Waals surface area contributed by atoms with Gasteiger partial charge in [-0.05, 0) is 29.6 Å². The van der Waals surface area contributed by atoms with Gasteiger partial charge in [-0.15, -0.1) is 0 Å². The molecule has 1 fully saturated rings. The van der Waals surface area contributed by atoms with E-state index in [1.807, 2.05) is 12.1 Å². The fourth-order valence-electron chi connectivity index (χ4n) is 3.18. The largest absolute Gasteiger partial charge is 0.491 e. The number of nitrogens with one attached hydrogen (secondary N) is 2. The average Bonchev–Trinajstić information content (AvgIpc) is 3.05. The molecular weight excluding hydrogens is 368 g/mol. The smallest absolute Gasteiger partial charge is 0.423 e. The molecule has 0 amide bonds. The molecule has 2 atom stereocenters. The number of nitriles is 1. The number of aromatic nitrogens is 2. The van der Waals surface area contributed by atoms with E-state index < -0.39 is 7.12 Å². The fraction of sp³-hybridized carbons (Fsp3) is 0.353. The van der Waals surface area contributed by atoms with Crippen molar-refractivity contribution < 1.29 is 14.4 Å². The Morgan fingerprint density at radius 3 is 3.15 bits per heavy atom. The summed E-state index contributed by atoms with van der Waals surface area (Å²) in [6, 6.07) is 7.64. The molecule has 0 radical (unpaired) electrons. The number of nitrogens with zero attached hydrogens (tertiary/aromatic N) is 3. The van der Waals surface area contributed by atoms with E-state index in [1.165, 1.54) is 6.20 Å². The van der Waals surface area contributed by atoms with Crippen LogP contribution in [-0.2, 0) is 16.0 Å². The SMILES string of the molecule is N#C[C@H]1CCOC[C@@H]1Nc1nc(Nc2ccc3c(c2)COB3O)ncc1Cl. The van der Waals surface area contributed by atoms with Gasteiger partial charge in [0.25, 0.3) is 0 Å². The molecule has 0 unspecified atom stereocenters. The van der Waals surface area contributed by atoms with E-state index in [9.17, 15) is 10.3 Å². The first-order chi connectivity index (χ1) is 13.1. The van der Waals surface area contributed by atoms with Crippen LogP contribution in [0.2, 0.25) is 5.02 Å². The molecule has 138 valence electrons. The fourth-order valence-corrected chi connectivity index (χ4v) is 3.32. The summed E-state index contributed by atoms with van der Waals surface area (Å²) in [5.74, 6) is 0.653. The number of halogens is 1. The Morgan fingerprint density at radius 2 is 2.30 bits per heavy atom. The summed E-state index contributed by atoms with van der Waals surface area (Å²) >= 11 is 6.22. The zero-order valence-electron chi connectivity index (χ0n) is 14.4. The van der Waals surface area contributed by atoms with Crippen LogP contribution in [0.5, 0.6) is 0 Å². The molecule has 1 aromatic carbocycles. The Hall–Kier alpha value is -2.38. The lowest BCUT2D eigenvalue weighted by Crippen LogP contribution is -2.38. The molecule has 0 aliphatic carbocycles. The zero-order valence-corrected chi connectivity index (χ0v) is 15.1. The maximum atomic E-state index is 9.70. The summed E-state index contributed by atoms with van der Waals surface area (Å²) < 4.78 is 10.7. The molecule has 3 heterocycles. The molecule has 0 bridgehead atoms. The van der Waals surface area contributed by atoms with Crippen LogP contribution in [0.4, 0.5) is 17.5 Å². The average molecular weight is 386 g/mol. The van der Waals surface area contributed by atoms with Crippen molar-refractivity contribution in [1.29, 1.82) is 5.26 Å². The molecule has 2 aromatic rings. The van der Waals surface area contributed by atoms with E-state index in [1.54, 1.807) is 6.07 Å². The second-order valence-corrected chi connectivity index (χ2v) is 6.85. The summed E-state index contributed by atoms with van der Waals surface area (Å²) in [5.41, 5.74) is 2.45. The van der Waals surface area contributed by atoms with Crippen LogP contribution in [0, 0.1) is 17.2 Å². The van der Waals surface area contributed by atoms with E-state index >= 15 is 0 Å². The lowest BCUT2D eigenvalue weighted by molar-refractivity contribution is 0.0698. The lowest BCUT2D eigenvalue weighted by atomic mass is 9.79. The Balaban J connectivity index is 1.51. The van der Waals surface area contributed by atoms with Crippen LogP contribution in [0.25, 0.3) is 0 Å². The first-order valence-electron chi connectivity index (χ1n) is 8.60. The van der Waals surface area contributed by atoms with Crippen molar-refractivity contribution in [3.63, 3.8) is 0 Å². The van der Waals surface area contributed by atoms with Crippen molar-refractivity contribution in [3.05, 3.63) is 35.0 Å². The van der Waals surface area contributed by atoms with Gasteiger partial charge < -0.3 is 25.0 Å². The van der Waals surface area contributed by atoms with Gasteiger partial charge in [-0.25, -0.2) is 4.98 Å². The number of hydrogen-bond acceptors (Lipinski definition) is 8. The van der Waals surface area contributed by atoms with Gasteiger partial charge in [0.05, 0.1) is 37.4 Å². The molecular formula is C17H17BClN5O3. The number of benzene rings is 1. The molecule has 1 saturated heterocycles. The van der Waals surface area contributed by atoms with Crippen LogP contribution >= 0.6 is 11.6 Å². The standard InChI is InChI=1S/C17H17BClN5O3/c19-14-7-21-17(22-12-1-2-13-11(5-12)8-27-18(13)25)24-16(14)23-15-9-26-4-3-10(15)6-20/h1-2,5,7,10,15,25H,3-4,8-9H2,(H2,21,22,23,24)/t10-,15+/m1/s1. The summed E-state index contributed by atoms with van der Waals surface area (Å²) in [5, 5.41) is 25.7. The Bertz CT molecular complexity index is 893. The van der Waals surface area contributed by atoms with Crippen molar-refractivity contribution in [2.75, 3.05) is 23.8 Å². The number of anilines is 3. The summed E-state index contributed by atoms with van der Waals surface area (Å²) in [6.07, 6.45) is 2.18. The van der Waals surface area contributed by atoms with Crippen LogP contribution < -0.4 is 16.1 Å². The molecule has 0 saturated carbocycles. The quantitative estimate of drug-likeness (QED) is 0.678. The van der Waals surface area contributed by atoms with Crippen molar-refractivity contribution in [3.8, 4) is 6.07 Å². The van der Waals surface area contributed by atoms with Crippen LogP contribution in [0.15, 0.2) is 24.4 Å². The van der Waals surface area contributed by atoms with Gasteiger partial charge in [0.15, 0.2) is 5.82 Å². The topological polar surface area (TPSA) is 112 Å². The summed E-state index contributed by atoms with van der Waals surface area (Å²) in [6.45, 7) is 1.36. The highest BCUT2D eigenvalue weighted by molar-refractivity contribution is 6.61. The summed E-state index contributed by atoms with van der Waals surface area (Å²) in [7, 11) is -0.873. The normalized spacial score (nSPS) is 21.4. The van der Waals surface area contributed by atoms with Gasteiger partial charge in [0.2, 0.25) is 5.95 Å². The van der Waals surface area contributed by atoms with E-state index in [-0.39, 0.29) is 12.0 Å². The molecule has 2 aliphatic rings. The third-order valence-corrected chi connectivity index (χ3v) is 4.93. The zero-order chi connectivity index (χ0) is 18.8. The van der Waals surface area contributed by atoms with Crippen molar-refractivity contribution in [1.82, 2.24) is 9.97 Å². The van der Waals surface area contributed by atoms with Crippen LogP contribution in [0.1, 0.15) is 12.0 Å². The molecule has 0 spiro atoms. The monoisotopic (exact) mass is 385 g/mol. The molecule has 27 heavy (non-hydrogen) atoms. The third kappa shape index (κ3) is 3.84. The number of ether oxygens (including phenoxy) is 1. The van der Waals surface area contributed by atoms with Gasteiger partial charge in [0, 0.05) is 12.3 Å². The number of rotatable bonds is 4. The highest BCUT2D eigenvalue weighted by atomic mass is 35.5. The van der Waals surface area contributed by atoms with Gasteiger partial charge in [0.1, 0.15) is 5.02 Å². The molecule has 3 N–H and O–H groups in total. The molecule has 1 aromatic heterocycles. The second-order valence-electron chi connectivity index (χ2n) is 6.44. The highest BCUT2D eigenvalue weighted by Gasteiger charge is 2.28. The Kier molecular flexibility index (Phi) is 5.14. The van der Waals surface area contributed by atoms with Gasteiger partial charge >= 0.3 is 7.12 Å². The van der Waals surface area contributed by atoms with E-state index in [0.717, 1.165) is 16.7 Å². The van der Waals surface area contributed by atoms with E-state index in [0.29, 0.717) is 43.0 Å². The first kappa shape index (κ1) is 18.0. The van der Waals surface area contributed by atoms with Crippen molar-refractivity contribution in [2.24, 2.45) is 5.92 Å². The third-order valence-electron chi connectivity index (χ3n) is 4.65. The molecule has 8 nitrogen and oxygen atoms in total. The van der Waals surface area contributed by atoms with Crippen LogP contribution in [-0.4, -0.2) is 41.4 Å². The van der Waals surface area contributed by atoms with Gasteiger partial charge in [-0.2, -0.15) is 10.2 Å². The minimum absolute atomic E-state index is 0.163. The van der Waals surface area contributed by atoms with E-state index in [4.69, 9.17) is 21.0 Å². The van der Waals surface area contributed by atoms with Gasteiger partial charge in [-0.3, -0.25) is 0 Å². The number of fused-ring (bicyclic) bond motifs is 1. The Morgan fingerprint density at radius 1 is 1.41 bits per heavy atom. The maximum Gasteiger partial charge on any atom is 0.491 e.